The summed E-state index contributed by atoms with van der Waals surface area (Å²) in [5.41, 5.74) is 2.24. The van der Waals surface area contributed by atoms with Gasteiger partial charge in [-0.1, -0.05) is 17.7 Å². The molecule has 0 aliphatic carbocycles. The molecule has 86 valence electrons. The molecule has 0 amide bonds. The second-order valence-electron chi connectivity index (χ2n) is 3.44. The van der Waals surface area contributed by atoms with Gasteiger partial charge in [-0.3, -0.25) is 4.79 Å². The molecular formula is C13H10ClNO2. The fourth-order valence-corrected chi connectivity index (χ4v) is 1.75. The number of methoxy groups -OCH3 is 1. The van der Waals surface area contributed by atoms with E-state index in [4.69, 9.17) is 16.3 Å². The molecule has 0 aliphatic heterocycles. The predicted octanol–water partition coefficient (Wildman–Crippen LogP) is 3.22. The van der Waals surface area contributed by atoms with Crippen LogP contribution in [0.3, 0.4) is 0 Å². The van der Waals surface area contributed by atoms with Gasteiger partial charge in [0.25, 0.3) is 0 Å². The molecule has 0 saturated heterocycles. The molecule has 1 heterocycles. The first kappa shape index (κ1) is 11.6. The summed E-state index contributed by atoms with van der Waals surface area (Å²) in [4.78, 5) is 14.8. The minimum Gasteiger partial charge on any atom is -0.481 e. The number of hydrogen-bond acceptors (Lipinski definition) is 3. The first-order chi connectivity index (χ1) is 8.24. The fourth-order valence-electron chi connectivity index (χ4n) is 1.53. The highest BCUT2D eigenvalue weighted by Gasteiger charge is 2.06. The second kappa shape index (κ2) is 4.97. The Morgan fingerprint density at radius 2 is 2.12 bits per heavy atom. The molecule has 0 radical (unpaired) electrons. The maximum Gasteiger partial charge on any atom is 0.213 e. The SMILES string of the molecule is COc1cc(-c2cc(C=O)ccc2Cl)ccn1. The highest BCUT2D eigenvalue weighted by atomic mass is 35.5. The Labute approximate surface area is 104 Å². The molecule has 4 heteroatoms. The van der Waals surface area contributed by atoms with Crippen LogP contribution in [-0.4, -0.2) is 18.4 Å². The Balaban J connectivity index is 2.54. The van der Waals surface area contributed by atoms with Crippen molar-refractivity contribution < 1.29 is 9.53 Å². The van der Waals surface area contributed by atoms with Crippen LogP contribution in [0.25, 0.3) is 11.1 Å². The van der Waals surface area contributed by atoms with Gasteiger partial charge in [0.1, 0.15) is 6.29 Å². The lowest BCUT2D eigenvalue weighted by Crippen LogP contribution is -1.89. The Hall–Kier alpha value is -1.87. The standard InChI is InChI=1S/C13H10ClNO2/c1-17-13-7-10(4-5-15-13)11-6-9(8-16)2-3-12(11)14/h2-8H,1H3. The van der Waals surface area contributed by atoms with Crippen molar-refractivity contribution in [3.8, 4) is 17.0 Å². The number of ether oxygens (including phenoxy) is 1. The molecule has 1 aromatic heterocycles. The minimum absolute atomic E-state index is 0.509. The minimum atomic E-state index is 0.509. The summed E-state index contributed by atoms with van der Waals surface area (Å²) in [6, 6.07) is 8.71. The highest BCUT2D eigenvalue weighted by molar-refractivity contribution is 6.33. The molecule has 0 bridgehead atoms. The van der Waals surface area contributed by atoms with E-state index >= 15 is 0 Å². The van der Waals surface area contributed by atoms with Crippen molar-refractivity contribution in [2.75, 3.05) is 7.11 Å². The fraction of sp³-hybridized carbons (Fsp3) is 0.0769. The summed E-state index contributed by atoms with van der Waals surface area (Å²) in [6.07, 6.45) is 2.43. The number of aromatic nitrogens is 1. The third kappa shape index (κ3) is 2.45. The molecule has 0 saturated carbocycles. The van der Waals surface area contributed by atoms with Crippen LogP contribution in [-0.2, 0) is 0 Å². The summed E-state index contributed by atoms with van der Waals surface area (Å²) in [5.74, 6) is 0.509. The third-order valence-corrected chi connectivity index (χ3v) is 2.71. The van der Waals surface area contributed by atoms with Crippen LogP contribution in [0, 0.1) is 0 Å². The average Bonchev–Trinajstić information content (AvgIpc) is 2.39. The van der Waals surface area contributed by atoms with E-state index in [-0.39, 0.29) is 0 Å². The van der Waals surface area contributed by atoms with Crippen molar-refractivity contribution in [3.63, 3.8) is 0 Å². The van der Waals surface area contributed by atoms with Gasteiger partial charge in [0.15, 0.2) is 0 Å². The number of benzene rings is 1. The number of hydrogen-bond donors (Lipinski definition) is 0. The van der Waals surface area contributed by atoms with Crippen LogP contribution in [0.2, 0.25) is 5.02 Å². The first-order valence-electron chi connectivity index (χ1n) is 4.99. The molecule has 3 nitrogen and oxygen atoms in total. The molecule has 0 spiro atoms. The smallest absolute Gasteiger partial charge is 0.213 e. The van der Waals surface area contributed by atoms with Gasteiger partial charge in [-0.2, -0.15) is 0 Å². The van der Waals surface area contributed by atoms with E-state index < -0.39 is 0 Å². The van der Waals surface area contributed by atoms with E-state index in [1.165, 1.54) is 0 Å². The van der Waals surface area contributed by atoms with Crippen molar-refractivity contribution in [1.82, 2.24) is 4.98 Å². The van der Waals surface area contributed by atoms with Gasteiger partial charge in [-0.25, -0.2) is 4.98 Å². The van der Waals surface area contributed by atoms with E-state index in [0.717, 1.165) is 17.4 Å². The normalized spacial score (nSPS) is 10.0. The molecule has 2 aromatic rings. The lowest BCUT2D eigenvalue weighted by atomic mass is 10.0. The zero-order valence-corrected chi connectivity index (χ0v) is 9.94. The Morgan fingerprint density at radius 3 is 2.82 bits per heavy atom. The quantitative estimate of drug-likeness (QED) is 0.782. The lowest BCUT2D eigenvalue weighted by Gasteiger charge is -2.06. The summed E-state index contributed by atoms with van der Waals surface area (Å²) in [5, 5.41) is 0.587. The van der Waals surface area contributed by atoms with Gasteiger partial charge in [-0.05, 0) is 23.8 Å². The van der Waals surface area contributed by atoms with Crippen molar-refractivity contribution in [2.24, 2.45) is 0 Å². The maximum absolute atomic E-state index is 10.7. The number of carbonyl (C=O) groups excluding carboxylic acids is 1. The van der Waals surface area contributed by atoms with E-state index in [2.05, 4.69) is 4.98 Å². The molecule has 17 heavy (non-hydrogen) atoms. The van der Waals surface area contributed by atoms with Crippen molar-refractivity contribution in [1.29, 1.82) is 0 Å². The molecule has 1 aromatic carbocycles. The van der Waals surface area contributed by atoms with Crippen molar-refractivity contribution >= 4 is 17.9 Å². The first-order valence-corrected chi connectivity index (χ1v) is 5.37. The van der Waals surface area contributed by atoms with E-state index in [1.54, 1.807) is 37.6 Å². The summed E-state index contributed by atoms with van der Waals surface area (Å²) in [6.45, 7) is 0. The number of aldehydes is 1. The molecule has 0 fully saturated rings. The summed E-state index contributed by atoms with van der Waals surface area (Å²) < 4.78 is 5.05. The average molecular weight is 248 g/mol. The molecular weight excluding hydrogens is 238 g/mol. The number of halogens is 1. The van der Waals surface area contributed by atoms with Gasteiger partial charge in [0.05, 0.1) is 7.11 Å². The zero-order valence-electron chi connectivity index (χ0n) is 9.18. The highest BCUT2D eigenvalue weighted by Crippen LogP contribution is 2.29. The van der Waals surface area contributed by atoms with E-state index in [9.17, 15) is 4.79 Å². The molecule has 0 unspecified atom stereocenters. The zero-order chi connectivity index (χ0) is 12.3. The number of nitrogens with zero attached hydrogens (tertiary/aromatic N) is 1. The van der Waals surface area contributed by atoms with Crippen LogP contribution in [0.15, 0.2) is 36.5 Å². The van der Waals surface area contributed by atoms with Crippen LogP contribution < -0.4 is 4.74 Å². The van der Waals surface area contributed by atoms with Crippen LogP contribution in [0.5, 0.6) is 5.88 Å². The molecule has 0 atom stereocenters. The van der Waals surface area contributed by atoms with Crippen LogP contribution in [0.4, 0.5) is 0 Å². The van der Waals surface area contributed by atoms with Crippen molar-refractivity contribution in [2.45, 2.75) is 0 Å². The second-order valence-corrected chi connectivity index (χ2v) is 3.85. The Morgan fingerprint density at radius 1 is 1.29 bits per heavy atom. The van der Waals surface area contributed by atoms with Crippen molar-refractivity contribution in [3.05, 3.63) is 47.1 Å². The number of pyridine rings is 1. The molecule has 2 rings (SSSR count). The molecule has 0 aliphatic rings. The van der Waals surface area contributed by atoms with Gasteiger partial charge in [-0.15, -0.1) is 0 Å². The summed E-state index contributed by atoms with van der Waals surface area (Å²) in [7, 11) is 1.55. The van der Waals surface area contributed by atoms with Crippen LogP contribution >= 0.6 is 11.6 Å². The van der Waals surface area contributed by atoms with Gasteiger partial charge in [0.2, 0.25) is 5.88 Å². The van der Waals surface area contributed by atoms with E-state index in [1.807, 2.05) is 6.07 Å². The maximum atomic E-state index is 10.7. The monoisotopic (exact) mass is 247 g/mol. The molecule has 0 N–H and O–H groups in total. The van der Waals surface area contributed by atoms with Gasteiger partial charge >= 0.3 is 0 Å². The Bertz CT molecular complexity index is 555. The topological polar surface area (TPSA) is 39.2 Å². The van der Waals surface area contributed by atoms with E-state index in [0.29, 0.717) is 16.5 Å². The van der Waals surface area contributed by atoms with Gasteiger partial charge < -0.3 is 4.74 Å². The third-order valence-electron chi connectivity index (χ3n) is 2.38. The van der Waals surface area contributed by atoms with Crippen LogP contribution in [0.1, 0.15) is 10.4 Å². The predicted molar refractivity (Wildman–Crippen MR) is 66.6 cm³/mol. The lowest BCUT2D eigenvalue weighted by molar-refractivity contribution is 0.112. The number of carbonyl (C=O) groups is 1. The number of rotatable bonds is 3. The Kier molecular flexibility index (Phi) is 3.40. The van der Waals surface area contributed by atoms with Gasteiger partial charge in [0, 0.05) is 28.4 Å². The largest absolute Gasteiger partial charge is 0.481 e. The summed E-state index contributed by atoms with van der Waals surface area (Å²) >= 11 is 6.11.